The number of carbonyl (C=O) groups is 1. The molecule has 1 heterocycles. The van der Waals surface area contributed by atoms with Gasteiger partial charge in [-0.2, -0.15) is 4.31 Å². The second-order valence-electron chi connectivity index (χ2n) is 7.21. The zero-order chi connectivity index (χ0) is 22.1. The van der Waals surface area contributed by atoms with Crippen molar-refractivity contribution in [3.63, 3.8) is 0 Å². The Hall–Kier alpha value is -2.09. The quantitative estimate of drug-likeness (QED) is 0.658. The first-order valence-corrected chi connectivity index (χ1v) is 11.9. The summed E-state index contributed by atoms with van der Waals surface area (Å²) < 4.78 is 32.9. The SMILES string of the molecule is CCN(CC)S(=O)(=O)c1cc(C(=O)N2CCCc3c(C)ccc(OC)c32)ccc1Cl. The van der Waals surface area contributed by atoms with Gasteiger partial charge in [0, 0.05) is 25.2 Å². The highest BCUT2D eigenvalue weighted by Crippen LogP contribution is 2.39. The number of methoxy groups -OCH3 is 1. The lowest BCUT2D eigenvalue weighted by atomic mass is 9.95. The highest BCUT2D eigenvalue weighted by atomic mass is 35.5. The van der Waals surface area contributed by atoms with Crippen LogP contribution in [0.4, 0.5) is 5.69 Å². The molecule has 0 aliphatic carbocycles. The Balaban J connectivity index is 2.08. The van der Waals surface area contributed by atoms with Crippen molar-refractivity contribution in [3.8, 4) is 5.75 Å². The number of anilines is 1. The van der Waals surface area contributed by atoms with Gasteiger partial charge in [0.15, 0.2) is 0 Å². The molecule has 1 aliphatic heterocycles. The molecule has 0 spiro atoms. The minimum absolute atomic E-state index is 0.0489. The lowest BCUT2D eigenvalue weighted by molar-refractivity contribution is 0.0984. The van der Waals surface area contributed by atoms with Crippen molar-refractivity contribution in [3.05, 3.63) is 52.0 Å². The number of amides is 1. The number of benzene rings is 2. The summed E-state index contributed by atoms with van der Waals surface area (Å²) in [4.78, 5) is 15.1. The summed E-state index contributed by atoms with van der Waals surface area (Å²) in [5, 5.41) is 0.103. The molecule has 6 nitrogen and oxygen atoms in total. The molecule has 2 aromatic carbocycles. The van der Waals surface area contributed by atoms with Gasteiger partial charge in [-0.05, 0) is 55.2 Å². The highest BCUT2D eigenvalue weighted by molar-refractivity contribution is 7.89. The van der Waals surface area contributed by atoms with Gasteiger partial charge in [0.05, 0.1) is 17.8 Å². The lowest BCUT2D eigenvalue weighted by Gasteiger charge is -2.32. The third-order valence-corrected chi connectivity index (χ3v) is 8.06. The number of hydrogen-bond acceptors (Lipinski definition) is 4. The summed E-state index contributed by atoms with van der Waals surface area (Å²) in [6, 6.07) is 8.28. The Morgan fingerprint density at radius 2 is 1.90 bits per heavy atom. The summed E-state index contributed by atoms with van der Waals surface area (Å²) in [7, 11) is -2.21. The van der Waals surface area contributed by atoms with E-state index in [4.69, 9.17) is 16.3 Å². The van der Waals surface area contributed by atoms with Crippen LogP contribution in [0.1, 0.15) is 41.8 Å². The maximum atomic E-state index is 13.5. The van der Waals surface area contributed by atoms with Gasteiger partial charge in [-0.15, -0.1) is 0 Å². The van der Waals surface area contributed by atoms with E-state index >= 15 is 0 Å². The van der Waals surface area contributed by atoms with E-state index in [-0.39, 0.29) is 21.4 Å². The molecule has 0 radical (unpaired) electrons. The number of aryl methyl sites for hydroxylation is 1. The van der Waals surface area contributed by atoms with Crippen molar-refractivity contribution in [1.29, 1.82) is 0 Å². The molecular weight excluding hydrogens is 424 g/mol. The van der Waals surface area contributed by atoms with Gasteiger partial charge in [0.2, 0.25) is 10.0 Å². The van der Waals surface area contributed by atoms with Crippen LogP contribution in [0.3, 0.4) is 0 Å². The van der Waals surface area contributed by atoms with Crippen LogP contribution in [0.25, 0.3) is 0 Å². The minimum atomic E-state index is -3.79. The largest absolute Gasteiger partial charge is 0.495 e. The number of ether oxygens (including phenoxy) is 1. The van der Waals surface area contributed by atoms with Crippen molar-refractivity contribution in [2.45, 2.75) is 38.5 Å². The summed E-state index contributed by atoms with van der Waals surface area (Å²) in [5.41, 5.74) is 3.22. The molecule has 8 heteroatoms. The van der Waals surface area contributed by atoms with E-state index in [1.807, 2.05) is 19.1 Å². The monoisotopic (exact) mass is 450 g/mol. The van der Waals surface area contributed by atoms with Gasteiger partial charge in [-0.25, -0.2) is 8.42 Å². The molecule has 0 N–H and O–H groups in total. The van der Waals surface area contributed by atoms with Crippen molar-refractivity contribution >= 4 is 33.2 Å². The average molecular weight is 451 g/mol. The third kappa shape index (κ3) is 3.94. The van der Waals surface area contributed by atoms with Gasteiger partial charge >= 0.3 is 0 Å². The number of halogens is 1. The van der Waals surface area contributed by atoms with E-state index in [1.54, 1.807) is 31.9 Å². The molecule has 1 amide bonds. The van der Waals surface area contributed by atoms with Crippen molar-refractivity contribution in [2.24, 2.45) is 0 Å². The van der Waals surface area contributed by atoms with Crippen molar-refractivity contribution in [1.82, 2.24) is 4.31 Å². The molecule has 162 valence electrons. The predicted molar refractivity (Wildman–Crippen MR) is 119 cm³/mol. The summed E-state index contributed by atoms with van der Waals surface area (Å²) in [6.45, 7) is 6.73. The third-order valence-electron chi connectivity index (χ3n) is 5.52. The van der Waals surface area contributed by atoms with Gasteiger partial charge in [-0.3, -0.25) is 4.79 Å². The van der Waals surface area contributed by atoms with Crippen LogP contribution in [0.15, 0.2) is 35.2 Å². The van der Waals surface area contributed by atoms with Gasteiger partial charge in [0.1, 0.15) is 10.6 Å². The summed E-state index contributed by atoms with van der Waals surface area (Å²) in [6.07, 6.45) is 1.69. The van der Waals surface area contributed by atoms with Crippen LogP contribution in [0, 0.1) is 6.92 Å². The number of rotatable bonds is 6. The van der Waals surface area contributed by atoms with E-state index in [9.17, 15) is 13.2 Å². The van der Waals surface area contributed by atoms with E-state index < -0.39 is 10.0 Å². The van der Waals surface area contributed by atoms with Gasteiger partial charge in [0.25, 0.3) is 5.91 Å². The van der Waals surface area contributed by atoms with E-state index in [0.717, 1.165) is 29.7 Å². The number of hydrogen-bond donors (Lipinski definition) is 0. The molecule has 2 aromatic rings. The molecule has 0 unspecified atom stereocenters. The summed E-state index contributed by atoms with van der Waals surface area (Å²) in [5.74, 6) is 0.362. The molecular formula is C22H27ClN2O4S. The fraction of sp³-hybridized carbons (Fsp3) is 0.409. The maximum absolute atomic E-state index is 13.5. The molecule has 1 aliphatic rings. The molecule has 0 atom stereocenters. The Labute approximate surface area is 183 Å². The molecule has 0 fully saturated rings. The number of sulfonamides is 1. The first-order chi connectivity index (χ1) is 14.3. The van der Waals surface area contributed by atoms with Crippen LogP contribution in [-0.4, -0.2) is 45.4 Å². The van der Waals surface area contributed by atoms with Crippen LogP contribution in [-0.2, 0) is 16.4 Å². The molecule has 3 rings (SSSR count). The van der Waals surface area contributed by atoms with Crippen LogP contribution in [0.2, 0.25) is 5.02 Å². The number of carbonyl (C=O) groups excluding carboxylic acids is 1. The van der Waals surface area contributed by atoms with Gasteiger partial charge in [-0.1, -0.05) is 31.5 Å². The fourth-order valence-electron chi connectivity index (χ4n) is 3.91. The Kier molecular flexibility index (Phi) is 6.75. The molecule has 0 bridgehead atoms. The fourth-order valence-corrected chi connectivity index (χ4v) is 5.87. The maximum Gasteiger partial charge on any atom is 0.258 e. The first-order valence-electron chi connectivity index (χ1n) is 10.0. The van der Waals surface area contributed by atoms with E-state index in [0.29, 0.717) is 25.4 Å². The lowest BCUT2D eigenvalue weighted by Crippen LogP contribution is -2.36. The molecule has 0 saturated heterocycles. The Morgan fingerprint density at radius 1 is 1.20 bits per heavy atom. The van der Waals surface area contributed by atoms with E-state index in [2.05, 4.69) is 0 Å². The minimum Gasteiger partial charge on any atom is -0.495 e. The van der Waals surface area contributed by atoms with Crippen molar-refractivity contribution in [2.75, 3.05) is 31.6 Å². The normalized spacial score (nSPS) is 14.0. The second kappa shape index (κ2) is 8.96. The predicted octanol–water partition coefficient (Wildman–Crippen LogP) is 4.28. The number of fused-ring (bicyclic) bond motifs is 1. The zero-order valence-electron chi connectivity index (χ0n) is 17.7. The average Bonchev–Trinajstić information content (AvgIpc) is 2.74. The molecule has 0 saturated carbocycles. The topological polar surface area (TPSA) is 66.9 Å². The first kappa shape index (κ1) is 22.6. The highest BCUT2D eigenvalue weighted by Gasteiger charge is 2.30. The Bertz CT molecular complexity index is 1070. The van der Waals surface area contributed by atoms with Crippen LogP contribution in [0.5, 0.6) is 5.75 Å². The summed E-state index contributed by atoms with van der Waals surface area (Å²) >= 11 is 6.23. The standard InChI is InChI=1S/C22H27ClN2O4S/c1-5-24(6-2)30(27,28)20-14-16(10-11-18(20)23)22(26)25-13-7-8-17-15(3)9-12-19(29-4)21(17)25/h9-12,14H,5-8,13H2,1-4H3. The van der Waals surface area contributed by atoms with Crippen LogP contribution < -0.4 is 9.64 Å². The molecule has 0 aromatic heterocycles. The van der Waals surface area contributed by atoms with Crippen molar-refractivity contribution < 1.29 is 17.9 Å². The van der Waals surface area contributed by atoms with Gasteiger partial charge < -0.3 is 9.64 Å². The Morgan fingerprint density at radius 3 is 2.53 bits per heavy atom. The molecule has 30 heavy (non-hydrogen) atoms. The zero-order valence-corrected chi connectivity index (χ0v) is 19.3. The van der Waals surface area contributed by atoms with Crippen LogP contribution >= 0.6 is 11.6 Å². The van der Waals surface area contributed by atoms with E-state index in [1.165, 1.54) is 16.4 Å². The smallest absolute Gasteiger partial charge is 0.258 e. The number of nitrogens with zero attached hydrogens (tertiary/aromatic N) is 2. The second-order valence-corrected chi connectivity index (χ2v) is 9.52.